The minimum absolute atomic E-state index is 0.0838. The Kier molecular flexibility index (Phi) is 4.19. The van der Waals surface area contributed by atoms with Crippen LogP contribution in [-0.4, -0.2) is 16.9 Å². The molecule has 110 valence electrons. The van der Waals surface area contributed by atoms with Gasteiger partial charge in [0.1, 0.15) is 11.5 Å². The van der Waals surface area contributed by atoms with E-state index in [0.29, 0.717) is 18.3 Å². The maximum atomic E-state index is 12.0. The van der Waals surface area contributed by atoms with Gasteiger partial charge >= 0.3 is 0 Å². The molecule has 2 N–H and O–H groups in total. The summed E-state index contributed by atoms with van der Waals surface area (Å²) in [4.78, 5) is 16.3. The molecule has 0 unspecified atom stereocenters. The van der Waals surface area contributed by atoms with Crippen molar-refractivity contribution in [2.45, 2.75) is 38.3 Å². The topological polar surface area (TPSA) is 67.2 Å². The number of nitrogens with one attached hydrogen (secondary N) is 2. The number of carbonyl (C=O) groups excluding carboxylic acids is 1. The van der Waals surface area contributed by atoms with Gasteiger partial charge in [0.05, 0.1) is 24.7 Å². The largest absolute Gasteiger partial charge is 0.467 e. The zero-order valence-electron chi connectivity index (χ0n) is 11.8. The van der Waals surface area contributed by atoms with Crippen LogP contribution in [0.2, 0.25) is 0 Å². The Morgan fingerprint density at radius 2 is 2.14 bits per heavy atom. The smallest absolute Gasteiger partial charge is 0.270 e. The number of pyridine rings is 1. The summed E-state index contributed by atoms with van der Waals surface area (Å²) in [5.41, 5.74) is 1.33. The molecule has 1 fully saturated rings. The Hall–Kier alpha value is -2.30. The third-order valence-electron chi connectivity index (χ3n) is 3.73. The summed E-state index contributed by atoms with van der Waals surface area (Å²) in [7, 11) is 0. The van der Waals surface area contributed by atoms with E-state index in [4.69, 9.17) is 4.42 Å². The van der Waals surface area contributed by atoms with Gasteiger partial charge in [-0.2, -0.15) is 0 Å². The molecular formula is C16H19N3O2. The first-order valence-corrected chi connectivity index (χ1v) is 7.34. The van der Waals surface area contributed by atoms with E-state index in [9.17, 15) is 4.79 Å². The Bertz CT molecular complexity index is 572. The van der Waals surface area contributed by atoms with E-state index in [1.807, 2.05) is 18.2 Å². The number of furan rings is 1. The number of hydrogen-bond donors (Lipinski definition) is 2. The minimum atomic E-state index is -0.0838. The van der Waals surface area contributed by atoms with Crippen molar-refractivity contribution < 1.29 is 9.21 Å². The maximum absolute atomic E-state index is 12.0. The second-order valence-corrected chi connectivity index (χ2v) is 5.32. The van der Waals surface area contributed by atoms with Crippen molar-refractivity contribution in [3.63, 3.8) is 0 Å². The van der Waals surface area contributed by atoms with Crippen LogP contribution in [0.15, 0.2) is 41.1 Å². The molecule has 21 heavy (non-hydrogen) atoms. The van der Waals surface area contributed by atoms with Crippen LogP contribution in [0.1, 0.15) is 41.9 Å². The highest BCUT2D eigenvalue weighted by Crippen LogP contribution is 2.18. The summed E-state index contributed by atoms with van der Waals surface area (Å²) in [5.74, 6) is 0.775. The molecule has 1 aliphatic rings. The molecule has 0 aromatic carbocycles. The molecule has 1 aliphatic carbocycles. The number of amides is 1. The number of carbonyl (C=O) groups is 1. The maximum Gasteiger partial charge on any atom is 0.270 e. The van der Waals surface area contributed by atoms with Crippen LogP contribution in [0.3, 0.4) is 0 Å². The zero-order valence-corrected chi connectivity index (χ0v) is 11.8. The first kappa shape index (κ1) is 13.7. The molecule has 1 saturated carbocycles. The minimum Gasteiger partial charge on any atom is -0.467 e. The first-order chi connectivity index (χ1) is 10.3. The average Bonchev–Trinajstić information content (AvgIpc) is 3.19. The van der Waals surface area contributed by atoms with Crippen LogP contribution in [0.4, 0.5) is 5.69 Å². The fraction of sp³-hybridized carbons (Fsp3) is 0.375. The van der Waals surface area contributed by atoms with Crippen molar-refractivity contribution >= 4 is 11.6 Å². The lowest BCUT2D eigenvalue weighted by Gasteiger charge is -2.11. The van der Waals surface area contributed by atoms with Crippen LogP contribution in [0.25, 0.3) is 0 Å². The third-order valence-corrected chi connectivity index (χ3v) is 3.73. The van der Waals surface area contributed by atoms with Crippen molar-refractivity contribution in [1.82, 2.24) is 10.3 Å². The van der Waals surface area contributed by atoms with E-state index >= 15 is 0 Å². The molecule has 0 radical (unpaired) electrons. The Morgan fingerprint density at radius 1 is 1.29 bits per heavy atom. The summed E-state index contributed by atoms with van der Waals surface area (Å²) in [5, 5.41) is 6.23. The summed E-state index contributed by atoms with van der Waals surface area (Å²) >= 11 is 0. The van der Waals surface area contributed by atoms with Gasteiger partial charge in [-0.15, -0.1) is 0 Å². The Morgan fingerprint density at radius 3 is 2.81 bits per heavy atom. The van der Waals surface area contributed by atoms with E-state index < -0.39 is 0 Å². The lowest BCUT2D eigenvalue weighted by Crippen LogP contribution is -2.33. The predicted octanol–water partition coefficient (Wildman–Crippen LogP) is 2.96. The quantitative estimate of drug-likeness (QED) is 0.886. The first-order valence-electron chi connectivity index (χ1n) is 7.34. The van der Waals surface area contributed by atoms with Crippen LogP contribution in [0, 0.1) is 0 Å². The molecule has 5 heteroatoms. The van der Waals surface area contributed by atoms with Crippen LogP contribution in [0.5, 0.6) is 0 Å². The highest BCUT2D eigenvalue weighted by Gasteiger charge is 2.18. The normalized spacial score (nSPS) is 15.0. The summed E-state index contributed by atoms with van der Waals surface area (Å²) in [6, 6.07) is 7.68. The van der Waals surface area contributed by atoms with Gasteiger partial charge in [-0.1, -0.05) is 12.8 Å². The fourth-order valence-corrected chi connectivity index (χ4v) is 2.56. The van der Waals surface area contributed by atoms with Crippen molar-refractivity contribution in [2.75, 3.05) is 5.32 Å². The van der Waals surface area contributed by atoms with Gasteiger partial charge in [0.2, 0.25) is 0 Å². The number of hydrogen-bond acceptors (Lipinski definition) is 4. The van der Waals surface area contributed by atoms with Gasteiger partial charge < -0.3 is 15.1 Å². The molecule has 2 aromatic heterocycles. The van der Waals surface area contributed by atoms with E-state index in [1.54, 1.807) is 18.5 Å². The molecule has 3 rings (SSSR count). The summed E-state index contributed by atoms with van der Waals surface area (Å²) < 4.78 is 5.24. The Balaban J connectivity index is 1.54. The van der Waals surface area contributed by atoms with Gasteiger partial charge in [-0.3, -0.25) is 4.79 Å². The summed E-state index contributed by atoms with van der Waals surface area (Å²) in [6.45, 7) is 0.600. The lowest BCUT2D eigenvalue weighted by atomic mass is 10.2. The molecule has 1 amide bonds. The van der Waals surface area contributed by atoms with Crippen LogP contribution >= 0.6 is 0 Å². The van der Waals surface area contributed by atoms with Gasteiger partial charge in [0.15, 0.2) is 0 Å². The van der Waals surface area contributed by atoms with Gasteiger partial charge in [-0.05, 0) is 37.1 Å². The van der Waals surface area contributed by atoms with Crippen molar-refractivity contribution in [1.29, 1.82) is 0 Å². The van der Waals surface area contributed by atoms with E-state index in [2.05, 4.69) is 15.6 Å². The lowest BCUT2D eigenvalue weighted by molar-refractivity contribution is 0.0933. The molecule has 0 bridgehead atoms. The molecule has 5 nitrogen and oxygen atoms in total. The summed E-state index contributed by atoms with van der Waals surface area (Å²) in [6.07, 6.45) is 7.88. The highest BCUT2D eigenvalue weighted by atomic mass is 16.3. The molecule has 0 atom stereocenters. The van der Waals surface area contributed by atoms with Gasteiger partial charge in [-0.25, -0.2) is 4.98 Å². The van der Waals surface area contributed by atoms with Crippen molar-refractivity contribution in [2.24, 2.45) is 0 Å². The van der Waals surface area contributed by atoms with E-state index in [0.717, 1.165) is 24.3 Å². The van der Waals surface area contributed by atoms with E-state index in [1.165, 1.54) is 12.8 Å². The fourth-order valence-electron chi connectivity index (χ4n) is 2.56. The van der Waals surface area contributed by atoms with Crippen molar-refractivity contribution in [3.05, 3.63) is 48.2 Å². The predicted molar refractivity (Wildman–Crippen MR) is 80.0 cm³/mol. The second-order valence-electron chi connectivity index (χ2n) is 5.32. The number of nitrogens with zero attached hydrogens (tertiary/aromatic N) is 1. The third kappa shape index (κ3) is 3.62. The zero-order chi connectivity index (χ0) is 14.5. The standard InChI is InChI=1S/C16H19N3O2/c20-16(19-12-4-1-2-5-12)15-8-7-13(10-18-15)17-11-14-6-3-9-21-14/h3,6-10,12,17H,1-2,4-5,11H2,(H,19,20). The Labute approximate surface area is 123 Å². The SMILES string of the molecule is O=C(NC1CCCC1)c1ccc(NCc2ccco2)cn1. The molecule has 0 saturated heterocycles. The molecule has 0 spiro atoms. The monoisotopic (exact) mass is 285 g/mol. The van der Waals surface area contributed by atoms with Crippen molar-refractivity contribution in [3.8, 4) is 0 Å². The highest BCUT2D eigenvalue weighted by molar-refractivity contribution is 5.92. The average molecular weight is 285 g/mol. The molecule has 2 aromatic rings. The number of anilines is 1. The van der Waals surface area contributed by atoms with Crippen LogP contribution in [-0.2, 0) is 6.54 Å². The number of aromatic nitrogens is 1. The second kappa shape index (κ2) is 6.43. The van der Waals surface area contributed by atoms with E-state index in [-0.39, 0.29) is 5.91 Å². The van der Waals surface area contributed by atoms with Gasteiger partial charge in [0.25, 0.3) is 5.91 Å². The molecule has 0 aliphatic heterocycles. The van der Waals surface area contributed by atoms with Gasteiger partial charge in [0, 0.05) is 6.04 Å². The molecule has 2 heterocycles. The number of rotatable bonds is 5. The molecular weight excluding hydrogens is 266 g/mol. The van der Waals surface area contributed by atoms with Crippen LogP contribution < -0.4 is 10.6 Å².